The van der Waals surface area contributed by atoms with Gasteiger partial charge >= 0.3 is 18.9 Å². The van der Waals surface area contributed by atoms with Crippen LogP contribution in [-0.4, -0.2) is 12.3 Å². The Hall–Kier alpha value is -0.773. The van der Waals surface area contributed by atoms with Gasteiger partial charge in [0.1, 0.15) is 7.14 Å². The molecule has 0 aromatic heterocycles. The van der Waals surface area contributed by atoms with Gasteiger partial charge in [0, 0.05) is 10.6 Å². The maximum absolute atomic E-state index is 13.7. The zero-order valence-electron chi connectivity index (χ0n) is 13.8. The fourth-order valence-electron chi connectivity index (χ4n) is 2.20. The summed E-state index contributed by atoms with van der Waals surface area (Å²) in [6, 6.07) is 18.8. The third-order valence-corrected chi connectivity index (χ3v) is 6.85. The first kappa shape index (κ1) is 19.3. The van der Waals surface area contributed by atoms with Crippen molar-refractivity contribution < 1.29 is 28.5 Å². The topological polar surface area (TPSA) is 40.1 Å². The standard InChI is InChI=1S/C18H22O2P.Li/c1-18(2,3)17(19)14-21(20,15-10-6-4-7-11-15)16-12-8-5-9-13-16;/h4-13,17H,14H2,1-3H3;/q-1;+1. The molecule has 0 fully saturated rings. The van der Waals surface area contributed by atoms with E-state index in [1.54, 1.807) is 0 Å². The van der Waals surface area contributed by atoms with Crippen molar-refractivity contribution >= 4 is 17.8 Å². The fraction of sp³-hybridized carbons (Fsp3) is 0.333. The molecule has 0 aliphatic rings. The molecule has 1 atom stereocenters. The number of hydrogen-bond acceptors (Lipinski definition) is 2. The van der Waals surface area contributed by atoms with Crippen LogP contribution < -0.4 is 34.6 Å². The van der Waals surface area contributed by atoms with Gasteiger partial charge in [0.05, 0.1) is 0 Å². The average molecular weight is 308 g/mol. The molecule has 2 nitrogen and oxygen atoms in total. The molecule has 1 unspecified atom stereocenters. The van der Waals surface area contributed by atoms with Crippen LogP contribution >= 0.6 is 7.14 Å². The maximum atomic E-state index is 13.7. The van der Waals surface area contributed by atoms with Gasteiger partial charge < -0.3 is 9.67 Å². The second kappa shape index (κ2) is 7.67. The van der Waals surface area contributed by atoms with Crippen molar-refractivity contribution in [2.45, 2.75) is 26.9 Å². The van der Waals surface area contributed by atoms with Crippen LogP contribution in [0.15, 0.2) is 60.7 Å². The van der Waals surface area contributed by atoms with Crippen LogP contribution in [0.4, 0.5) is 0 Å². The molecule has 0 aliphatic heterocycles. The van der Waals surface area contributed by atoms with Gasteiger partial charge in [-0.3, -0.25) is 0 Å². The van der Waals surface area contributed by atoms with E-state index in [1.165, 1.54) is 0 Å². The third-order valence-electron chi connectivity index (χ3n) is 3.74. The third kappa shape index (κ3) is 4.37. The molecule has 0 aliphatic carbocycles. The number of hydrogen-bond donors (Lipinski definition) is 0. The summed E-state index contributed by atoms with van der Waals surface area (Å²) in [5, 5.41) is 14.1. The van der Waals surface area contributed by atoms with Crippen LogP contribution in [0, 0.1) is 5.41 Å². The van der Waals surface area contributed by atoms with Gasteiger partial charge in [-0.2, -0.15) is 0 Å². The van der Waals surface area contributed by atoms with E-state index in [0.717, 1.165) is 10.6 Å². The van der Waals surface area contributed by atoms with Gasteiger partial charge in [0.25, 0.3) is 0 Å². The molecule has 2 aromatic carbocycles. The number of rotatable bonds is 4. The van der Waals surface area contributed by atoms with E-state index < -0.39 is 18.7 Å². The van der Waals surface area contributed by atoms with Crippen molar-refractivity contribution in [3.8, 4) is 0 Å². The van der Waals surface area contributed by atoms with E-state index in [2.05, 4.69) is 0 Å². The van der Waals surface area contributed by atoms with E-state index in [0.29, 0.717) is 0 Å². The monoisotopic (exact) mass is 308 g/mol. The zero-order valence-corrected chi connectivity index (χ0v) is 14.7. The quantitative estimate of drug-likeness (QED) is 0.579. The minimum atomic E-state index is -2.89. The van der Waals surface area contributed by atoms with E-state index >= 15 is 0 Å². The van der Waals surface area contributed by atoms with Crippen molar-refractivity contribution in [3.05, 3.63) is 60.7 Å². The molecule has 0 heterocycles. The van der Waals surface area contributed by atoms with Crippen LogP contribution in [0.1, 0.15) is 20.8 Å². The van der Waals surface area contributed by atoms with Crippen molar-refractivity contribution in [2.24, 2.45) is 5.41 Å². The van der Waals surface area contributed by atoms with Gasteiger partial charge in [0.2, 0.25) is 0 Å². The molecular weight excluding hydrogens is 286 g/mol. The predicted octanol–water partition coefficient (Wildman–Crippen LogP) is -0.220. The second-order valence-corrected chi connectivity index (χ2v) is 9.33. The van der Waals surface area contributed by atoms with Gasteiger partial charge in [-0.25, -0.2) is 0 Å². The molecule has 22 heavy (non-hydrogen) atoms. The summed E-state index contributed by atoms with van der Waals surface area (Å²) in [6.07, 6.45) is -0.714. The van der Waals surface area contributed by atoms with Crippen LogP contribution in [0.5, 0.6) is 0 Å². The average Bonchev–Trinajstić information content (AvgIpc) is 2.48. The Labute approximate surface area is 145 Å². The van der Waals surface area contributed by atoms with E-state index in [1.807, 2.05) is 81.4 Å². The van der Waals surface area contributed by atoms with Crippen molar-refractivity contribution in [3.63, 3.8) is 0 Å². The molecule has 0 N–H and O–H groups in total. The minimum absolute atomic E-state index is 0. The molecule has 2 aromatic rings. The molecule has 0 saturated carbocycles. The summed E-state index contributed by atoms with van der Waals surface area (Å²) >= 11 is 0. The Morgan fingerprint density at radius 3 is 1.59 bits per heavy atom. The van der Waals surface area contributed by atoms with Crippen molar-refractivity contribution in [1.29, 1.82) is 0 Å². The summed E-state index contributed by atoms with van der Waals surface area (Å²) in [5.74, 6) is 0. The Kier molecular flexibility index (Phi) is 6.72. The van der Waals surface area contributed by atoms with Crippen LogP contribution in [0.3, 0.4) is 0 Å². The Balaban J connectivity index is 0.00000242. The molecule has 0 saturated heterocycles. The minimum Gasteiger partial charge on any atom is -0.851 e. The van der Waals surface area contributed by atoms with Gasteiger partial charge in [0.15, 0.2) is 0 Å². The fourth-order valence-corrected chi connectivity index (χ4v) is 5.25. The SMILES string of the molecule is CC(C)(C)C([O-])CP(=O)(c1ccccc1)c1ccccc1.[Li+]. The van der Waals surface area contributed by atoms with Crippen molar-refractivity contribution in [2.75, 3.05) is 6.16 Å². The van der Waals surface area contributed by atoms with Crippen LogP contribution in [0.25, 0.3) is 0 Å². The molecule has 0 amide bonds. The molecule has 0 spiro atoms. The summed E-state index contributed by atoms with van der Waals surface area (Å²) in [5.41, 5.74) is -0.404. The van der Waals surface area contributed by atoms with Gasteiger partial charge in [-0.05, 0) is 6.16 Å². The summed E-state index contributed by atoms with van der Waals surface area (Å²) in [6.45, 7) is 5.72. The first-order valence-corrected chi connectivity index (χ1v) is 9.09. The smallest absolute Gasteiger partial charge is 0.851 e. The van der Waals surface area contributed by atoms with Crippen LogP contribution in [0.2, 0.25) is 0 Å². The van der Waals surface area contributed by atoms with E-state index in [-0.39, 0.29) is 25.0 Å². The Bertz CT molecular complexity index is 577. The van der Waals surface area contributed by atoms with Gasteiger partial charge in [-0.1, -0.05) is 86.8 Å². The summed E-state index contributed by atoms with van der Waals surface area (Å²) < 4.78 is 13.7. The predicted molar refractivity (Wildman–Crippen MR) is 87.9 cm³/mol. The Morgan fingerprint density at radius 1 is 0.909 bits per heavy atom. The van der Waals surface area contributed by atoms with E-state index in [9.17, 15) is 9.67 Å². The molecule has 2 rings (SSSR count). The maximum Gasteiger partial charge on any atom is 1.00 e. The van der Waals surface area contributed by atoms with Crippen LogP contribution in [-0.2, 0) is 4.57 Å². The van der Waals surface area contributed by atoms with E-state index in [4.69, 9.17) is 0 Å². The summed E-state index contributed by atoms with van der Waals surface area (Å²) in [7, 11) is -2.89. The molecule has 112 valence electrons. The van der Waals surface area contributed by atoms with Gasteiger partial charge in [-0.15, -0.1) is 6.10 Å². The molecule has 0 radical (unpaired) electrons. The zero-order chi connectivity index (χ0) is 15.5. The molecular formula is C18H22LiO2P. The summed E-state index contributed by atoms with van der Waals surface area (Å²) in [4.78, 5) is 0. The molecule has 4 heteroatoms. The molecule has 0 bridgehead atoms. The first-order valence-electron chi connectivity index (χ1n) is 7.20. The normalized spacial score (nSPS) is 13.3. The largest absolute Gasteiger partial charge is 1.00 e. The Morgan fingerprint density at radius 2 is 1.27 bits per heavy atom. The second-order valence-electron chi connectivity index (χ2n) is 6.45. The first-order chi connectivity index (χ1) is 9.84. The van der Waals surface area contributed by atoms with Crippen molar-refractivity contribution in [1.82, 2.24) is 0 Å². The number of benzene rings is 2.